The van der Waals surface area contributed by atoms with Gasteiger partial charge in [-0.15, -0.1) is 0 Å². The van der Waals surface area contributed by atoms with E-state index in [1.165, 1.54) is 38.5 Å². The van der Waals surface area contributed by atoms with E-state index in [1.807, 2.05) is 0 Å². The monoisotopic (exact) mass is 383 g/mol. The highest BCUT2D eigenvalue weighted by Gasteiger charge is 2.50. The van der Waals surface area contributed by atoms with Crippen molar-refractivity contribution in [1.29, 1.82) is 0 Å². The van der Waals surface area contributed by atoms with Gasteiger partial charge in [0.05, 0.1) is 4.90 Å². The standard InChI is InChI=1S/C17H22BrNO2S/c18-15-1-3-16(4-2-15)22(20,21)19-11-17-8-12-5-13(9-17)7-14(6-12)10-17/h1-4,12-14,19H,5-11H2. The van der Waals surface area contributed by atoms with Gasteiger partial charge in [-0.2, -0.15) is 0 Å². The fourth-order valence-electron chi connectivity index (χ4n) is 5.45. The lowest BCUT2D eigenvalue weighted by Crippen LogP contribution is -2.51. The van der Waals surface area contributed by atoms with Crippen molar-refractivity contribution in [2.45, 2.75) is 43.4 Å². The SMILES string of the molecule is O=S(=O)(NCC12CC3CC(CC(C3)C1)C2)c1ccc(Br)cc1. The Morgan fingerprint density at radius 1 is 1.00 bits per heavy atom. The van der Waals surface area contributed by atoms with Gasteiger partial charge in [-0.05, 0) is 86.0 Å². The average Bonchev–Trinajstić information content (AvgIpc) is 2.45. The molecule has 0 unspecified atom stereocenters. The molecule has 0 heterocycles. The molecule has 5 rings (SSSR count). The maximum absolute atomic E-state index is 12.5. The van der Waals surface area contributed by atoms with Crippen molar-refractivity contribution >= 4 is 26.0 Å². The molecule has 0 spiro atoms. The van der Waals surface area contributed by atoms with E-state index in [-0.39, 0.29) is 5.41 Å². The second kappa shape index (κ2) is 5.32. The smallest absolute Gasteiger partial charge is 0.211 e. The summed E-state index contributed by atoms with van der Waals surface area (Å²) in [7, 11) is -3.39. The van der Waals surface area contributed by atoms with Gasteiger partial charge in [0, 0.05) is 11.0 Å². The molecule has 22 heavy (non-hydrogen) atoms. The number of sulfonamides is 1. The Morgan fingerprint density at radius 3 is 2.00 bits per heavy atom. The lowest BCUT2D eigenvalue weighted by molar-refractivity contribution is -0.0487. The first-order chi connectivity index (χ1) is 10.4. The van der Waals surface area contributed by atoms with Crippen molar-refractivity contribution in [2.75, 3.05) is 6.54 Å². The Bertz CT molecular complexity index is 633. The molecular weight excluding hydrogens is 362 g/mol. The molecule has 0 radical (unpaired) electrons. The van der Waals surface area contributed by atoms with Crippen molar-refractivity contribution in [3.05, 3.63) is 28.7 Å². The van der Waals surface area contributed by atoms with Gasteiger partial charge in [0.25, 0.3) is 0 Å². The molecule has 1 aromatic carbocycles. The number of benzene rings is 1. The van der Waals surface area contributed by atoms with E-state index in [0.29, 0.717) is 11.4 Å². The predicted molar refractivity (Wildman–Crippen MR) is 89.9 cm³/mol. The minimum absolute atomic E-state index is 0.233. The van der Waals surface area contributed by atoms with Crippen molar-refractivity contribution in [3.63, 3.8) is 0 Å². The minimum atomic E-state index is -3.39. The van der Waals surface area contributed by atoms with Gasteiger partial charge >= 0.3 is 0 Å². The van der Waals surface area contributed by atoms with Gasteiger partial charge < -0.3 is 0 Å². The van der Waals surface area contributed by atoms with E-state index in [1.54, 1.807) is 24.3 Å². The highest BCUT2D eigenvalue weighted by Crippen LogP contribution is 2.59. The third-order valence-electron chi connectivity index (χ3n) is 5.93. The van der Waals surface area contributed by atoms with Crippen molar-refractivity contribution in [3.8, 4) is 0 Å². The van der Waals surface area contributed by atoms with E-state index in [9.17, 15) is 8.42 Å². The van der Waals surface area contributed by atoms with Gasteiger partial charge in [0.2, 0.25) is 10.0 Å². The molecule has 4 fully saturated rings. The largest absolute Gasteiger partial charge is 0.240 e. The van der Waals surface area contributed by atoms with Crippen molar-refractivity contribution in [1.82, 2.24) is 4.72 Å². The third kappa shape index (κ3) is 2.76. The normalized spacial score (nSPS) is 36.7. The van der Waals surface area contributed by atoms with Crippen LogP contribution in [0.3, 0.4) is 0 Å². The molecule has 0 saturated heterocycles. The number of nitrogens with one attached hydrogen (secondary N) is 1. The quantitative estimate of drug-likeness (QED) is 0.855. The lowest BCUT2D eigenvalue weighted by atomic mass is 9.50. The molecule has 0 aliphatic heterocycles. The maximum Gasteiger partial charge on any atom is 0.240 e. The predicted octanol–water partition coefficient (Wildman–Crippen LogP) is 3.94. The summed E-state index contributed by atoms with van der Waals surface area (Å²) in [5.41, 5.74) is 0.233. The first kappa shape index (κ1) is 15.2. The first-order valence-electron chi connectivity index (χ1n) is 8.19. The van der Waals surface area contributed by atoms with Crippen LogP contribution in [0.2, 0.25) is 0 Å². The van der Waals surface area contributed by atoms with Crippen LogP contribution < -0.4 is 4.72 Å². The van der Waals surface area contributed by atoms with Crippen molar-refractivity contribution in [2.24, 2.45) is 23.2 Å². The van der Waals surface area contributed by atoms with Gasteiger partial charge in [-0.1, -0.05) is 15.9 Å². The Labute approximate surface area is 141 Å². The van der Waals surface area contributed by atoms with E-state index < -0.39 is 10.0 Å². The summed E-state index contributed by atoms with van der Waals surface area (Å²) < 4.78 is 28.8. The summed E-state index contributed by atoms with van der Waals surface area (Å²) in [5, 5.41) is 0. The fourth-order valence-corrected chi connectivity index (χ4v) is 6.87. The second-order valence-electron chi connectivity index (χ2n) is 7.70. The fraction of sp³-hybridized carbons (Fsp3) is 0.647. The zero-order valence-electron chi connectivity index (χ0n) is 12.6. The first-order valence-corrected chi connectivity index (χ1v) is 10.5. The van der Waals surface area contributed by atoms with E-state index in [4.69, 9.17) is 0 Å². The summed E-state index contributed by atoms with van der Waals surface area (Å²) in [5.74, 6) is 2.55. The Balaban J connectivity index is 1.49. The molecular formula is C17H22BrNO2S. The number of hydrogen-bond donors (Lipinski definition) is 1. The summed E-state index contributed by atoms with van der Waals surface area (Å²) in [6, 6.07) is 6.87. The summed E-state index contributed by atoms with van der Waals surface area (Å²) in [6.45, 7) is 0.620. The highest BCUT2D eigenvalue weighted by atomic mass is 79.9. The molecule has 4 saturated carbocycles. The minimum Gasteiger partial charge on any atom is -0.211 e. The van der Waals surface area contributed by atoms with Gasteiger partial charge in [-0.3, -0.25) is 0 Å². The zero-order chi connectivity index (χ0) is 15.4. The topological polar surface area (TPSA) is 46.2 Å². The van der Waals surface area contributed by atoms with Gasteiger partial charge in [0.1, 0.15) is 0 Å². The van der Waals surface area contributed by atoms with Crippen LogP contribution >= 0.6 is 15.9 Å². The Morgan fingerprint density at radius 2 is 1.50 bits per heavy atom. The van der Waals surface area contributed by atoms with Crippen molar-refractivity contribution < 1.29 is 8.42 Å². The van der Waals surface area contributed by atoms with Crippen LogP contribution in [0.15, 0.2) is 33.6 Å². The molecule has 1 N–H and O–H groups in total. The summed E-state index contributed by atoms with van der Waals surface area (Å²) in [4.78, 5) is 0.362. The summed E-state index contributed by atoms with van der Waals surface area (Å²) >= 11 is 3.34. The van der Waals surface area contributed by atoms with Gasteiger partial charge in [0.15, 0.2) is 0 Å². The third-order valence-corrected chi connectivity index (χ3v) is 7.87. The van der Waals surface area contributed by atoms with Crippen LogP contribution in [0.4, 0.5) is 0 Å². The van der Waals surface area contributed by atoms with E-state index >= 15 is 0 Å². The molecule has 0 atom stereocenters. The highest BCUT2D eigenvalue weighted by molar-refractivity contribution is 9.10. The van der Waals surface area contributed by atoms with E-state index in [2.05, 4.69) is 20.7 Å². The van der Waals surface area contributed by atoms with Crippen LogP contribution in [0, 0.1) is 23.2 Å². The van der Waals surface area contributed by atoms with Crippen LogP contribution in [0.25, 0.3) is 0 Å². The lowest BCUT2D eigenvalue weighted by Gasteiger charge is -2.56. The average molecular weight is 384 g/mol. The second-order valence-corrected chi connectivity index (χ2v) is 10.4. The zero-order valence-corrected chi connectivity index (χ0v) is 15.0. The molecule has 4 bridgehead atoms. The molecule has 0 aromatic heterocycles. The number of rotatable bonds is 4. The molecule has 3 nitrogen and oxygen atoms in total. The van der Waals surface area contributed by atoms with Crippen LogP contribution in [0.1, 0.15) is 38.5 Å². The Kier molecular flexibility index (Phi) is 3.66. The van der Waals surface area contributed by atoms with Crippen LogP contribution in [-0.4, -0.2) is 15.0 Å². The maximum atomic E-state index is 12.5. The molecule has 4 aliphatic carbocycles. The van der Waals surface area contributed by atoms with Crippen LogP contribution in [-0.2, 0) is 10.0 Å². The number of hydrogen-bond acceptors (Lipinski definition) is 2. The van der Waals surface area contributed by atoms with E-state index in [0.717, 1.165) is 22.2 Å². The number of halogens is 1. The van der Waals surface area contributed by atoms with Crippen LogP contribution in [0.5, 0.6) is 0 Å². The molecule has 1 aromatic rings. The molecule has 120 valence electrons. The molecule has 4 aliphatic rings. The van der Waals surface area contributed by atoms with Gasteiger partial charge in [-0.25, -0.2) is 13.1 Å². The molecule has 0 amide bonds. The Hall–Kier alpha value is -0.390. The summed E-state index contributed by atoms with van der Waals surface area (Å²) in [6.07, 6.45) is 7.84. The molecule has 5 heteroatoms.